The number of nitrogens with two attached hydrogens (primary N) is 1. The van der Waals surface area contributed by atoms with Crippen molar-refractivity contribution in [2.45, 2.75) is 65.5 Å². The molecule has 0 bridgehead atoms. The van der Waals surface area contributed by atoms with Gasteiger partial charge in [0.05, 0.1) is 0 Å². The van der Waals surface area contributed by atoms with Gasteiger partial charge in [-0.2, -0.15) is 0 Å². The molecule has 0 saturated heterocycles. The monoisotopic (exact) mass is 303 g/mol. The van der Waals surface area contributed by atoms with Crippen LogP contribution in [0.15, 0.2) is 18.2 Å². The highest BCUT2D eigenvalue weighted by Gasteiger charge is 2.43. The Morgan fingerprint density at radius 3 is 2.59 bits per heavy atom. The number of nitrogens with one attached hydrogen (secondary N) is 1. The highest BCUT2D eigenvalue weighted by Crippen LogP contribution is 2.45. The second kappa shape index (κ2) is 5.92. The molecule has 2 rings (SSSR count). The van der Waals surface area contributed by atoms with Gasteiger partial charge in [-0.3, -0.25) is 10.2 Å². The van der Waals surface area contributed by atoms with E-state index in [0.717, 1.165) is 6.42 Å². The number of nitrogens with zero attached hydrogens (tertiary/aromatic N) is 1. The molecular formula is C18H29N3O. The normalized spacial score (nSPS) is 21.5. The number of anilines is 1. The van der Waals surface area contributed by atoms with E-state index in [1.165, 1.54) is 16.8 Å². The number of carbonyl (C=O) groups is 1. The van der Waals surface area contributed by atoms with E-state index in [-0.39, 0.29) is 23.4 Å². The number of amides is 1. The summed E-state index contributed by atoms with van der Waals surface area (Å²) < 4.78 is 0. The maximum absolute atomic E-state index is 12.4. The summed E-state index contributed by atoms with van der Waals surface area (Å²) >= 11 is 0. The van der Waals surface area contributed by atoms with Gasteiger partial charge in [-0.15, -0.1) is 0 Å². The van der Waals surface area contributed by atoms with Crippen LogP contribution >= 0.6 is 0 Å². The van der Waals surface area contributed by atoms with Gasteiger partial charge in [0, 0.05) is 11.2 Å². The van der Waals surface area contributed by atoms with E-state index in [4.69, 9.17) is 5.84 Å². The Labute approximate surface area is 134 Å². The van der Waals surface area contributed by atoms with Crippen LogP contribution in [-0.4, -0.2) is 17.5 Å². The van der Waals surface area contributed by atoms with Crippen molar-refractivity contribution in [2.24, 2.45) is 11.8 Å². The lowest BCUT2D eigenvalue weighted by molar-refractivity contribution is -0.123. The summed E-state index contributed by atoms with van der Waals surface area (Å²) in [5.41, 5.74) is 5.97. The Balaban J connectivity index is 2.63. The third kappa shape index (κ3) is 2.84. The van der Waals surface area contributed by atoms with E-state index in [1.54, 1.807) is 0 Å². The minimum atomic E-state index is -0.270. The number of fused-ring (bicyclic) bond motifs is 1. The van der Waals surface area contributed by atoms with Crippen LogP contribution < -0.4 is 16.2 Å². The van der Waals surface area contributed by atoms with E-state index in [0.29, 0.717) is 5.92 Å². The molecule has 1 aromatic carbocycles. The van der Waals surface area contributed by atoms with Crippen LogP contribution in [0.1, 0.15) is 58.1 Å². The summed E-state index contributed by atoms with van der Waals surface area (Å²) in [6.07, 6.45) is 1.02. The Hall–Kier alpha value is -1.55. The first-order valence-electron chi connectivity index (χ1n) is 8.09. The molecule has 3 N–H and O–H groups in total. The van der Waals surface area contributed by atoms with Crippen molar-refractivity contribution in [3.63, 3.8) is 0 Å². The van der Waals surface area contributed by atoms with Crippen molar-refractivity contribution in [3.05, 3.63) is 29.3 Å². The van der Waals surface area contributed by atoms with E-state index < -0.39 is 0 Å². The van der Waals surface area contributed by atoms with E-state index in [2.05, 4.69) is 70.1 Å². The van der Waals surface area contributed by atoms with Gasteiger partial charge >= 0.3 is 0 Å². The van der Waals surface area contributed by atoms with Crippen molar-refractivity contribution in [3.8, 4) is 0 Å². The highest BCUT2D eigenvalue weighted by atomic mass is 16.2. The Bertz CT molecular complexity index is 565. The van der Waals surface area contributed by atoms with Crippen LogP contribution in [0.25, 0.3) is 0 Å². The summed E-state index contributed by atoms with van der Waals surface area (Å²) in [7, 11) is 0. The average Bonchev–Trinajstić information content (AvgIpc) is 2.41. The lowest BCUT2D eigenvalue weighted by atomic mass is 9.77. The first kappa shape index (κ1) is 16.8. The van der Waals surface area contributed by atoms with Gasteiger partial charge in [0.25, 0.3) is 5.91 Å². The van der Waals surface area contributed by atoms with Crippen molar-refractivity contribution in [2.75, 3.05) is 4.90 Å². The molecule has 4 nitrogen and oxygen atoms in total. The summed E-state index contributed by atoms with van der Waals surface area (Å²) in [5.74, 6) is 5.99. The van der Waals surface area contributed by atoms with Gasteiger partial charge in [-0.05, 0) is 56.2 Å². The standard InChI is InChI=1S/C18H29N3O/c1-11(2)16(17(22)20-19)21-15-9-12(3)7-8-14(15)13(4)10-18(21,5)6/h7-9,11,13,16H,10,19H2,1-6H3,(H,20,22)/t13-,16-/m1/s1. The molecule has 0 unspecified atom stereocenters. The van der Waals surface area contributed by atoms with Gasteiger partial charge in [0.2, 0.25) is 0 Å². The largest absolute Gasteiger partial charge is 0.354 e. The van der Waals surface area contributed by atoms with Crippen molar-refractivity contribution in [1.82, 2.24) is 5.43 Å². The third-order valence-corrected chi connectivity index (χ3v) is 4.75. The van der Waals surface area contributed by atoms with E-state index in [9.17, 15) is 4.79 Å². The summed E-state index contributed by atoms with van der Waals surface area (Å²) in [5, 5.41) is 0. The van der Waals surface area contributed by atoms with Crippen molar-refractivity contribution in [1.29, 1.82) is 0 Å². The molecule has 1 heterocycles. The van der Waals surface area contributed by atoms with Crippen LogP contribution in [0.2, 0.25) is 0 Å². The molecule has 4 heteroatoms. The lowest BCUT2D eigenvalue weighted by Crippen LogP contribution is -2.61. The van der Waals surface area contributed by atoms with Crippen LogP contribution in [-0.2, 0) is 4.79 Å². The predicted octanol–water partition coefficient (Wildman–Crippen LogP) is 3.10. The molecule has 1 aliphatic rings. The molecule has 0 aliphatic carbocycles. The Morgan fingerprint density at radius 1 is 1.41 bits per heavy atom. The molecule has 0 saturated carbocycles. The van der Waals surface area contributed by atoms with Gasteiger partial charge in [-0.1, -0.05) is 32.9 Å². The maximum atomic E-state index is 12.4. The topological polar surface area (TPSA) is 58.4 Å². The molecule has 1 amide bonds. The smallest absolute Gasteiger partial charge is 0.256 e. The predicted molar refractivity (Wildman–Crippen MR) is 91.7 cm³/mol. The number of rotatable bonds is 3. The van der Waals surface area contributed by atoms with E-state index in [1.807, 2.05) is 0 Å². The van der Waals surface area contributed by atoms with Crippen LogP contribution in [0.4, 0.5) is 5.69 Å². The van der Waals surface area contributed by atoms with Gasteiger partial charge in [0.15, 0.2) is 0 Å². The Kier molecular flexibility index (Phi) is 4.52. The number of hydrogen-bond donors (Lipinski definition) is 2. The second-order valence-electron chi connectivity index (χ2n) is 7.55. The minimum Gasteiger partial charge on any atom is -0.354 e. The fourth-order valence-corrected chi connectivity index (χ4v) is 3.89. The first-order chi connectivity index (χ1) is 10.2. The molecule has 122 valence electrons. The molecule has 1 aromatic rings. The summed E-state index contributed by atoms with van der Waals surface area (Å²) in [6, 6.07) is 6.29. The number of hydrazine groups is 1. The summed E-state index contributed by atoms with van der Waals surface area (Å²) in [4.78, 5) is 14.7. The van der Waals surface area contributed by atoms with Crippen molar-refractivity contribution >= 4 is 11.6 Å². The van der Waals surface area contributed by atoms with Crippen LogP contribution in [0.5, 0.6) is 0 Å². The number of benzene rings is 1. The third-order valence-electron chi connectivity index (χ3n) is 4.75. The molecule has 22 heavy (non-hydrogen) atoms. The lowest BCUT2D eigenvalue weighted by Gasteiger charge is -2.51. The van der Waals surface area contributed by atoms with Gasteiger partial charge < -0.3 is 4.90 Å². The van der Waals surface area contributed by atoms with Gasteiger partial charge in [0.1, 0.15) is 6.04 Å². The van der Waals surface area contributed by atoms with E-state index >= 15 is 0 Å². The second-order valence-corrected chi connectivity index (χ2v) is 7.55. The van der Waals surface area contributed by atoms with Crippen LogP contribution in [0, 0.1) is 12.8 Å². The number of hydrogen-bond acceptors (Lipinski definition) is 3. The molecule has 0 aromatic heterocycles. The van der Waals surface area contributed by atoms with Crippen LogP contribution in [0.3, 0.4) is 0 Å². The zero-order valence-corrected chi connectivity index (χ0v) is 14.6. The first-order valence-corrected chi connectivity index (χ1v) is 8.09. The number of aryl methyl sites for hydroxylation is 1. The number of carbonyl (C=O) groups excluding carboxylic acids is 1. The fourth-order valence-electron chi connectivity index (χ4n) is 3.89. The summed E-state index contributed by atoms with van der Waals surface area (Å²) in [6.45, 7) is 12.9. The maximum Gasteiger partial charge on any atom is 0.256 e. The molecule has 0 spiro atoms. The molecule has 0 radical (unpaired) electrons. The zero-order valence-electron chi connectivity index (χ0n) is 14.6. The fraction of sp³-hybridized carbons (Fsp3) is 0.611. The molecular weight excluding hydrogens is 274 g/mol. The van der Waals surface area contributed by atoms with Crippen molar-refractivity contribution < 1.29 is 4.79 Å². The molecule has 1 aliphatic heterocycles. The average molecular weight is 303 g/mol. The quantitative estimate of drug-likeness (QED) is 0.512. The SMILES string of the molecule is Cc1ccc2c(c1)N([C@@H](C(=O)NN)C(C)C)C(C)(C)C[C@H]2C. The van der Waals surface area contributed by atoms with Gasteiger partial charge in [-0.25, -0.2) is 5.84 Å². The molecule has 2 atom stereocenters. The highest BCUT2D eigenvalue weighted by molar-refractivity contribution is 5.86. The zero-order chi connectivity index (χ0) is 16.7. The Morgan fingerprint density at radius 2 is 2.05 bits per heavy atom. The minimum absolute atomic E-state index is 0.0956. The molecule has 0 fully saturated rings.